The van der Waals surface area contributed by atoms with Crippen LogP contribution in [-0.4, -0.2) is 12.1 Å². The highest BCUT2D eigenvalue weighted by Crippen LogP contribution is 2.77. The lowest BCUT2D eigenvalue weighted by molar-refractivity contribution is -0.248. The molecule has 5 fully saturated rings. The maximum atomic E-state index is 11.9. The van der Waals surface area contributed by atoms with Crippen molar-refractivity contribution in [3.05, 3.63) is 12.2 Å². The van der Waals surface area contributed by atoms with Gasteiger partial charge in [0.1, 0.15) is 6.10 Å². The SMILES string of the molecule is C=C(C)[C@H]1CC[C@]2(C)CC[C@]3(C)C(CC[C@H]4[C@@]5(C)CC[C@@H](OC(C)=O)C(C)(C)[C@H]5CC[C@]43C)[C@H]12. The van der Waals surface area contributed by atoms with E-state index in [0.717, 1.165) is 30.1 Å². The summed E-state index contributed by atoms with van der Waals surface area (Å²) in [5.41, 5.74) is 3.23. The van der Waals surface area contributed by atoms with Crippen LogP contribution >= 0.6 is 0 Å². The lowest BCUT2D eigenvalue weighted by atomic mass is 9.32. The van der Waals surface area contributed by atoms with Crippen molar-refractivity contribution in [2.75, 3.05) is 0 Å². The van der Waals surface area contributed by atoms with Gasteiger partial charge in [0, 0.05) is 12.3 Å². The zero-order valence-electron chi connectivity index (χ0n) is 23.6. The predicted octanol–water partition coefficient (Wildman–Crippen LogP) is 8.60. The van der Waals surface area contributed by atoms with Gasteiger partial charge in [-0.05, 0) is 122 Å². The molecule has 192 valence electrons. The maximum Gasteiger partial charge on any atom is 0.302 e. The van der Waals surface area contributed by atoms with Gasteiger partial charge >= 0.3 is 5.97 Å². The number of ether oxygens (including phenoxy) is 1. The van der Waals surface area contributed by atoms with Gasteiger partial charge in [-0.25, -0.2) is 0 Å². The number of hydrogen-bond acceptors (Lipinski definition) is 2. The van der Waals surface area contributed by atoms with Gasteiger partial charge in [-0.3, -0.25) is 4.79 Å². The summed E-state index contributed by atoms with van der Waals surface area (Å²) in [5.74, 6) is 3.74. The van der Waals surface area contributed by atoms with E-state index in [0.29, 0.717) is 27.6 Å². The van der Waals surface area contributed by atoms with Crippen LogP contribution in [-0.2, 0) is 9.53 Å². The van der Waals surface area contributed by atoms with E-state index in [1.807, 2.05) is 0 Å². The fourth-order valence-corrected chi connectivity index (χ4v) is 11.9. The van der Waals surface area contributed by atoms with Crippen molar-refractivity contribution in [2.45, 2.75) is 126 Å². The smallest absolute Gasteiger partial charge is 0.302 e. The van der Waals surface area contributed by atoms with Gasteiger partial charge in [0.25, 0.3) is 0 Å². The van der Waals surface area contributed by atoms with Crippen LogP contribution in [0.4, 0.5) is 0 Å². The molecule has 5 rings (SSSR count). The Labute approximate surface area is 210 Å². The second kappa shape index (κ2) is 7.61. The Hall–Kier alpha value is -0.790. The Kier molecular flexibility index (Phi) is 5.57. The van der Waals surface area contributed by atoms with Crippen LogP contribution in [0.15, 0.2) is 12.2 Å². The molecule has 5 aliphatic rings. The first-order chi connectivity index (χ1) is 15.7. The maximum absolute atomic E-state index is 11.9. The summed E-state index contributed by atoms with van der Waals surface area (Å²) in [6, 6.07) is 0. The molecule has 5 aliphatic carbocycles. The van der Waals surface area contributed by atoms with Gasteiger partial charge in [-0.15, -0.1) is 0 Å². The first-order valence-electron chi connectivity index (χ1n) is 14.5. The van der Waals surface area contributed by atoms with Crippen LogP contribution in [0, 0.1) is 56.7 Å². The van der Waals surface area contributed by atoms with Crippen LogP contribution in [0.25, 0.3) is 0 Å². The number of carbonyl (C=O) groups is 1. The summed E-state index contributed by atoms with van der Waals surface area (Å²) in [4.78, 5) is 11.9. The van der Waals surface area contributed by atoms with Crippen molar-refractivity contribution in [3.8, 4) is 0 Å². The van der Waals surface area contributed by atoms with E-state index in [1.54, 1.807) is 6.92 Å². The van der Waals surface area contributed by atoms with E-state index in [-0.39, 0.29) is 17.5 Å². The van der Waals surface area contributed by atoms with Gasteiger partial charge in [0.15, 0.2) is 0 Å². The van der Waals surface area contributed by atoms with E-state index in [1.165, 1.54) is 63.4 Å². The predicted molar refractivity (Wildman–Crippen MR) is 140 cm³/mol. The summed E-state index contributed by atoms with van der Waals surface area (Å²) in [6.45, 7) is 23.9. The molecule has 10 atom stereocenters. The molecule has 5 saturated carbocycles. The van der Waals surface area contributed by atoms with Gasteiger partial charge in [-0.1, -0.05) is 53.7 Å². The number of esters is 1. The van der Waals surface area contributed by atoms with Crippen LogP contribution in [0.1, 0.15) is 120 Å². The Bertz CT molecular complexity index is 872. The molecule has 0 spiro atoms. The Morgan fingerprint density at radius 1 is 0.765 bits per heavy atom. The number of rotatable bonds is 2. The van der Waals surface area contributed by atoms with E-state index >= 15 is 0 Å². The van der Waals surface area contributed by atoms with E-state index in [2.05, 4.69) is 55.0 Å². The molecule has 0 aromatic carbocycles. The first-order valence-corrected chi connectivity index (χ1v) is 14.5. The number of fused-ring (bicyclic) bond motifs is 7. The monoisotopic (exact) mass is 468 g/mol. The van der Waals surface area contributed by atoms with Crippen molar-refractivity contribution >= 4 is 5.97 Å². The highest BCUT2D eigenvalue weighted by molar-refractivity contribution is 5.66. The van der Waals surface area contributed by atoms with Crippen LogP contribution in [0.5, 0.6) is 0 Å². The molecular weight excluding hydrogens is 416 g/mol. The minimum Gasteiger partial charge on any atom is -0.462 e. The molecule has 1 unspecified atom stereocenters. The number of allylic oxidation sites excluding steroid dienone is 1. The molecule has 0 radical (unpaired) electrons. The molecule has 0 amide bonds. The standard InChI is InChI=1S/C32H52O2/c1-20(2)22-12-15-29(6)18-19-31(8)23(27(22)29)10-11-25-30(7)16-14-26(34-21(3)33)28(4,5)24(30)13-17-32(25,31)9/h22-27H,1,10-19H2,2-9H3/t22-,23?,24-,25+,26-,27+,29-,30+,31-,32-/m1/s1. The third kappa shape index (κ3) is 3.08. The second-order valence-electron chi connectivity index (χ2n) is 15.3. The Morgan fingerprint density at radius 2 is 1.47 bits per heavy atom. The number of hydrogen-bond donors (Lipinski definition) is 0. The van der Waals surface area contributed by atoms with Crippen molar-refractivity contribution in [1.29, 1.82) is 0 Å². The van der Waals surface area contributed by atoms with E-state index in [4.69, 9.17) is 4.74 Å². The minimum absolute atomic E-state index is 0.0550. The fourth-order valence-electron chi connectivity index (χ4n) is 11.9. The molecule has 0 heterocycles. The van der Waals surface area contributed by atoms with Crippen LogP contribution in [0.3, 0.4) is 0 Å². The Balaban J connectivity index is 1.50. The average molecular weight is 469 g/mol. The summed E-state index contributed by atoms with van der Waals surface area (Å²) in [5, 5.41) is 0. The average Bonchev–Trinajstić information content (AvgIpc) is 3.08. The van der Waals surface area contributed by atoms with E-state index < -0.39 is 0 Å². The largest absolute Gasteiger partial charge is 0.462 e. The second-order valence-corrected chi connectivity index (χ2v) is 15.3. The van der Waals surface area contributed by atoms with Gasteiger partial charge in [-0.2, -0.15) is 0 Å². The topological polar surface area (TPSA) is 26.3 Å². The minimum atomic E-state index is -0.107. The fraction of sp³-hybridized carbons (Fsp3) is 0.906. The van der Waals surface area contributed by atoms with Crippen molar-refractivity contribution in [2.24, 2.45) is 56.7 Å². The lowest BCUT2D eigenvalue weighted by Crippen LogP contribution is -2.66. The highest BCUT2D eigenvalue weighted by Gasteiger charge is 2.70. The van der Waals surface area contributed by atoms with Crippen LogP contribution in [0.2, 0.25) is 0 Å². The molecule has 0 N–H and O–H groups in total. The highest BCUT2D eigenvalue weighted by atomic mass is 16.5. The molecule has 0 bridgehead atoms. The molecule has 2 nitrogen and oxygen atoms in total. The summed E-state index contributed by atoms with van der Waals surface area (Å²) >= 11 is 0. The van der Waals surface area contributed by atoms with Gasteiger partial charge in [0.2, 0.25) is 0 Å². The third-order valence-corrected chi connectivity index (χ3v) is 13.7. The zero-order chi connectivity index (χ0) is 24.9. The first kappa shape index (κ1) is 24.9. The van der Waals surface area contributed by atoms with Gasteiger partial charge in [0.05, 0.1) is 0 Å². The Morgan fingerprint density at radius 3 is 2.12 bits per heavy atom. The van der Waals surface area contributed by atoms with Gasteiger partial charge < -0.3 is 4.74 Å². The normalized spacial score (nSPS) is 53.6. The molecule has 2 heteroatoms. The molecule has 0 saturated heterocycles. The quantitative estimate of drug-likeness (QED) is 0.299. The lowest BCUT2D eigenvalue weighted by Gasteiger charge is -2.73. The van der Waals surface area contributed by atoms with Crippen molar-refractivity contribution in [3.63, 3.8) is 0 Å². The summed E-state index contributed by atoms with van der Waals surface area (Å²) < 4.78 is 5.91. The van der Waals surface area contributed by atoms with Crippen molar-refractivity contribution in [1.82, 2.24) is 0 Å². The number of carbonyl (C=O) groups excluding carboxylic acids is 1. The van der Waals surface area contributed by atoms with E-state index in [9.17, 15) is 4.79 Å². The molecular formula is C32H52O2. The molecule has 34 heavy (non-hydrogen) atoms. The third-order valence-electron chi connectivity index (χ3n) is 13.7. The molecule has 0 aromatic rings. The summed E-state index contributed by atoms with van der Waals surface area (Å²) in [7, 11) is 0. The molecule has 0 aromatic heterocycles. The molecule has 0 aliphatic heterocycles. The zero-order valence-corrected chi connectivity index (χ0v) is 23.6. The van der Waals surface area contributed by atoms with Crippen LogP contribution < -0.4 is 0 Å². The summed E-state index contributed by atoms with van der Waals surface area (Å²) in [6.07, 6.45) is 13.4. The van der Waals surface area contributed by atoms with Crippen molar-refractivity contribution < 1.29 is 9.53 Å².